The van der Waals surface area contributed by atoms with E-state index in [1.54, 1.807) is 0 Å². The molecule has 2 rings (SSSR count). The van der Waals surface area contributed by atoms with Gasteiger partial charge in [0.25, 0.3) is 0 Å². The molecule has 0 amide bonds. The Morgan fingerprint density at radius 2 is 2.14 bits per heavy atom. The molecule has 2 bridgehead atoms. The topological polar surface area (TPSA) is 82.1 Å². The summed E-state index contributed by atoms with van der Waals surface area (Å²) in [5, 5.41) is 9.39. The molecule has 6 heteroatoms. The lowest BCUT2D eigenvalue weighted by Gasteiger charge is -2.31. The van der Waals surface area contributed by atoms with Gasteiger partial charge in [-0.2, -0.15) is 0 Å². The third kappa shape index (κ3) is 3.74. The van der Waals surface area contributed by atoms with E-state index in [0.29, 0.717) is 12.8 Å². The van der Waals surface area contributed by atoms with Crippen LogP contribution in [-0.4, -0.2) is 42.7 Å². The number of carbonyl (C=O) groups is 2. The third-order valence-corrected chi connectivity index (χ3v) is 4.43. The number of aliphatic carboxylic acids is 1. The van der Waals surface area contributed by atoms with E-state index in [1.807, 2.05) is 13.8 Å². The van der Waals surface area contributed by atoms with Crippen LogP contribution in [0.25, 0.3) is 0 Å². The van der Waals surface area contributed by atoms with Crippen molar-refractivity contribution in [3.05, 3.63) is 0 Å². The molecule has 2 aliphatic rings. The molecule has 5 atom stereocenters. The summed E-state index contributed by atoms with van der Waals surface area (Å²) in [6, 6.07) is 0. The Morgan fingerprint density at radius 1 is 1.38 bits per heavy atom. The SMILES string of the molecule is CCCCC(=O)OC1C2CC(C)C1OCOCC2C(=O)O. The maximum absolute atomic E-state index is 11.9. The van der Waals surface area contributed by atoms with Gasteiger partial charge >= 0.3 is 11.9 Å². The number of unbranched alkanes of at least 4 members (excludes halogenated alkanes) is 1. The highest BCUT2D eigenvalue weighted by Gasteiger charge is 2.50. The van der Waals surface area contributed by atoms with Gasteiger partial charge in [0.1, 0.15) is 19.0 Å². The van der Waals surface area contributed by atoms with E-state index < -0.39 is 18.0 Å². The largest absolute Gasteiger partial charge is 0.481 e. The summed E-state index contributed by atoms with van der Waals surface area (Å²) in [7, 11) is 0. The molecule has 0 aromatic rings. The monoisotopic (exact) mass is 300 g/mol. The molecular weight excluding hydrogens is 276 g/mol. The Balaban J connectivity index is 2.11. The van der Waals surface area contributed by atoms with Gasteiger partial charge in [0, 0.05) is 12.3 Å². The van der Waals surface area contributed by atoms with Gasteiger partial charge in [0.2, 0.25) is 0 Å². The quantitative estimate of drug-likeness (QED) is 0.780. The van der Waals surface area contributed by atoms with Crippen LogP contribution >= 0.6 is 0 Å². The maximum atomic E-state index is 11.9. The minimum Gasteiger partial charge on any atom is -0.481 e. The van der Waals surface area contributed by atoms with Crippen molar-refractivity contribution in [3.63, 3.8) is 0 Å². The Morgan fingerprint density at radius 3 is 2.81 bits per heavy atom. The molecule has 1 saturated carbocycles. The first-order valence-electron chi connectivity index (χ1n) is 7.66. The highest BCUT2D eigenvalue weighted by atomic mass is 16.7. The number of carboxylic acids is 1. The van der Waals surface area contributed by atoms with Gasteiger partial charge in [-0.05, 0) is 18.8 Å². The first-order valence-corrected chi connectivity index (χ1v) is 7.66. The molecule has 0 radical (unpaired) electrons. The summed E-state index contributed by atoms with van der Waals surface area (Å²) in [5.74, 6) is -1.90. The number of rotatable bonds is 5. The molecule has 6 nitrogen and oxygen atoms in total. The van der Waals surface area contributed by atoms with Crippen LogP contribution in [0.3, 0.4) is 0 Å². The fourth-order valence-electron chi connectivity index (χ4n) is 3.28. The van der Waals surface area contributed by atoms with Gasteiger partial charge in [-0.3, -0.25) is 9.59 Å². The van der Waals surface area contributed by atoms with Crippen LogP contribution < -0.4 is 0 Å². The van der Waals surface area contributed by atoms with Gasteiger partial charge < -0.3 is 19.3 Å². The van der Waals surface area contributed by atoms with Crippen molar-refractivity contribution in [2.45, 2.75) is 51.7 Å². The summed E-state index contributed by atoms with van der Waals surface area (Å²) < 4.78 is 16.5. The van der Waals surface area contributed by atoms with E-state index in [4.69, 9.17) is 14.2 Å². The highest BCUT2D eigenvalue weighted by molar-refractivity contribution is 5.72. The summed E-state index contributed by atoms with van der Waals surface area (Å²) in [4.78, 5) is 23.4. The molecule has 21 heavy (non-hydrogen) atoms. The molecule has 1 aliphatic carbocycles. The summed E-state index contributed by atoms with van der Waals surface area (Å²) >= 11 is 0. The van der Waals surface area contributed by atoms with Crippen molar-refractivity contribution >= 4 is 11.9 Å². The predicted molar refractivity (Wildman–Crippen MR) is 73.5 cm³/mol. The first-order chi connectivity index (χ1) is 10.0. The minimum atomic E-state index is -0.899. The number of carboxylic acid groups (broad SMARTS) is 1. The molecule has 0 aromatic heterocycles. The molecule has 5 unspecified atom stereocenters. The molecule has 1 saturated heterocycles. The molecule has 0 aromatic carbocycles. The fraction of sp³-hybridized carbons (Fsp3) is 0.867. The van der Waals surface area contributed by atoms with Crippen molar-refractivity contribution in [1.82, 2.24) is 0 Å². The molecule has 0 spiro atoms. The van der Waals surface area contributed by atoms with Gasteiger partial charge in [-0.15, -0.1) is 0 Å². The van der Waals surface area contributed by atoms with Crippen LogP contribution in [0.5, 0.6) is 0 Å². The van der Waals surface area contributed by atoms with Crippen LogP contribution in [0.1, 0.15) is 39.5 Å². The number of hydrogen-bond acceptors (Lipinski definition) is 5. The first kappa shape index (κ1) is 16.2. The second kappa shape index (κ2) is 7.22. The minimum absolute atomic E-state index is 0.0501. The molecule has 120 valence electrons. The lowest BCUT2D eigenvalue weighted by molar-refractivity contribution is -0.190. The standard InChI is InChI=1S/C15H24O6/c1-3-4-5-12(16)21-14-10-6-9(2)13(14)20-8-19-7-11(10)15(17)18/h9-11,13-14H,3-8H2,1-2H3,(H,17,18). The van der Waals surface area contributed by atoms with Crippen LogP contribution in [0.4, 0.5) is 0 Å². The molecule has 1 aliphatic heterocycles. The van der Waals surface area contributed by atoms with Gasteiger partial charge in [0.15, 0.2) is 0 Å². The second-order valence-electron chi connectivity index (χ2n) is 6.00. The van der Waals surface area contributed by atoms with E-state index >= 15 is 0 Å². The Bertz CT molecular complexity index is 382. The summed E-state index contributed by atoms with van der Waals surface area (Å²) in [6.45, 7) is 4.16. The van der Waals surface area contributed by atoms with Crippen LogP contribution in [0.2, 0.25) is 0 Å². The maximum Gasteiger partial charge on any atom is 0.309 e. The average molecular weight is 300 g/mol. The normalized spacial score (nSPS) is 35.8. The van der Waals surface area contributed by atoms with E-state index in [9.17, 15) is 14.7 Å². The zero-order chi connectivity index (χ0) is 15.4. The van der Waals surface area contributed by atoms with Crippen molar-refractivity contribution in [1.29, 1.82) is 0 Å². The summed E-state index contributed by atoms with van der Waals surface area (Å²) in [5.41, 5.74) is 0. The Hall–Kier alpha value is -1.14. The number of ether oxygens (including phenoxy) is 3. The van der Waals surface area contributed by atoms with Gasteiger partial charge in [-0.25, -0.2) is 0 Å². The smallest absolute Gasteiger partial charge is 0.309 e. The molecular formula is C15H24O6. The van der Waals surface area contributed by atoms with Crippen LogP contribution in [0, 0.1) is 17.8 Å². The van der Waals surface area contributed by atoms with Crippen molar-refractivity contribution < 1.29 is 28.9 Å². The van der Waals surface area contributed by atoms with Crippen molar-refractivity contribution in [2.75, 3.05) is 13.4 Å². The van der Waals surface area contributed by atoms with E-state index in [0.717, 1.165) is 12.8 Å². The molecule has 1 N–H and O–H groups in total. The third-order valence-electron chi connectivity index (χ3n) is 4.43. The van der Waals surface area contributed by atoms with Crippen molar-refractivity contribution in [2.24, 2.45) is 17.8 Å². The zero-order valence-corrected chi connectivity index (χ0v) is 12.6. The lowest BCUT2D eigenvalue weighted by atomic mass is 9.89. The van der Waals surface area contributed by atoms with E-state index in [-0.39, 0.29) is 37.3 Å². The Labute approximate surface area is 124 Å². The number of fused-ring (bicyclic) bond motifs is 2. The number of esters is 1. The van der Waals surface area contributed by atoms with Crippen LogP contribution in [0.15, 0.2) is 0 Å². The summed E-state index contributed by atoms with van der Waals surface area (Å²) in [6.07, 6.45) is 2.00. The molecule has 2 fully saturated rings. The molecule has 1 heterocycles. The fourth-order valence-corrected chi connectivity index (χ4v) is 3.28. The highest BCUT2D eigenvalue weighted by Crippen LogP contribution is 2.41. The van der Waals surface area contributed by atoms with Crippen molar-refractivity contribution in [3.8, 4) is 0 Å². The van der Waals surface area contributed by atoms with Crippen LogP contribution in [-0.2, 0) is 23.8 Å². The predicted octanol–water partition coefficient (Wildman–Crippen LogP) is 1.82. The Kier molecular flexibility index (Phi) is 5.58. The number of carbonyl (C=O) groups excluding carboxylic acids is 1. The van der Waals surface area contributed by atoms with Gasteiger partial charge in [0.05, 0.1) is 12.5 Å². The second-order valence-corrected chi connectivity index (χ2v) is 6.00. The number of hydrogen-bond donors (Lipinski definition) is 1. The zero-order valence-electron chi connectivity index (χ0n) is 12.6. The lowest BCUT2D eigenvalue weighted by Crippen LogP contribution is -2.43. The van der Waals surface area contributed by atoms with E-state index in [2.05, 4.69) is 0 Å². The van der Waals surface area contributed by atoms with Gasteiger partial charge in [-0.1, -0.05) is 20.3 Å². The average Bonchev–Trinajstić information content (AvgIpc) is 2.75. The van der Waals surface area contributed by atoms with E-state index in [1.165, 1.54) is 0 Å².